The SMILES string of the molecule is CC(N)Cc1ccc(N(C)Cc2nccn2C)c(F)c1. The molecule has 108 valence electrons. The average Bonchev–Trinajstić information content (AvgIpc) is 2.74. The van der Waals surface area contributed by atoms with Gasteiger partial charge in [-0.25, -0.2) is 9.37 Å². The minimum atomic E-state index is -0.222. The fourth-order valence-corrected chi connectivity index (χ4v) is 2.20. The highest BCUT2D eigenvalue weighted by Gasteiger charge is 2.11. The van der Waals surface area contributed by atoms with Crippen molar-refractivity contribution < 1.29 is 4.39 Å². The van der Waals surface area contributed by atoms with E-state index >= 15 is 0 Å². The number of imidazole rings is 1. The van der Waals surface area contributed by atoms with Gasteiger partial charge in [0, 0.05) is 32.5 Å². The Balaban J connectivity index is 2.14. The largest absolute Gasteiger partial charge is 0.365 e. The van der Waals surface area contributed by atoms with Crippen LogP contribution in [-0.2, 0) is 20.0 Å². The van der Waals surface area contributed by atoms with E-state index in [-0.39, 0.29) is 11.9 Å². The molecule has 0 aliphatic heterocycles. The highest BCUT2D eigenvalue weighted by Crippen LogP contribution is 2.21. The summed E-state index contributed by atoms with van der Waals surface area (Å²) in [4.78, 5) is 6.10. The van der Waals surface area contributed by atoms with Crippen LogP contribution in [0, 0.1) is 5.82 Å². The number of benzene rings is 1. The Hall–Kier alpha value is -1.88. The quantitative estimate of drug-likeness (QED) is 0.909. The summed E-state index contributed by atoms with van der Waals surface area (Å²) in [7, 11) is 3.79. The van der Waals surface area contributed by atoms with Gasteiger partial charge in [0.1, 0.15) is 11.6 Å². The number of nitrogens with zero attached hydrogens (tertiary/aromatic N) is 3. The van der Waals surface area contributed by atoms with E-state index in [0.29, 0.717) is 18.7 Å². The van der Waals surface area contributed by atoms with Crippen molar-refractivity contribution in [3.05, 3.63) is 47.8 Å². The molecule has 1 atom stereocenters. The molecule has 0 bridgehead atoms. The van der Waals surface area contributed by atoms with Crippen molar-refractivity contribution in [3.8, 4) is 0 Å². The fraction of sp³-hybridized carbons (Fsp3) is 0.400. The monoisotopic (exact) mass is 276 g/mol. The number of aryl methyl sites for hydroxylation is 1. The lowest BCUT2D eigenvalue weighted by Gasteiger charge is -2.20. The van der Waals surface area contributed by atoms with Crippen LogP contribution >= 0.6 is 0 Å². The van der Waals surface area contributed by atoms with E-state index in [2.05, 4.69) is 4.98 Å². The minimum Gasteiger partial charge on any atom is -0.365 e. The molecule has 1 heterocycles. The van der Waals surface area contributed by atoms with Crippen LogP contribution in [0.4, 0.5) is 10.1 Å². The third kappa shape index (κ3) is 3.36. The number of rotatable bonds is 5. The van der Waals surface area contributed by atoms with Crippen molar-refractivity contribution in [3.63, 3.8) is 0 Å². The smallest absolute Gasteiger partial charge is 0.146 e. The summed E-state index contributed by atoms with van der Waals surface area (Å²) >= 11 is 0. The third-order valence-corrected chi connectivity index (χ3v) is 3.28. The predicted molar refractivity (Wildman–Crippen MR) is 79.1 cm³/mol. The molecule has 0 aliphatic rings. The molecule has 0 saturated carbocycles. The number of halogens is 1. The van der Waals surface area contributed by atoms with Gasteiger partial charge in [-0.15, -0.1) is 0 Å². The number of anilines is 1. The molecule has 2 aromatic rings. The van der Waals surface area contributed by atoms with E-state index in [1.54, 1.807) is 18.3 Å². The Labute approximate surface area is 119 Å². The molecule has 2 rings (SSSR count). The van der Waals surface area contributed by atoms with Gasteiger partial charge < -0.3 is 15.2 Å². The van der Waals surface area contributed by atoms with Gasteiger partial charge in [-0.2, -0.15) is 0 Å². The van der Waals surface area contributed by atoms with E-state index in [1.807, 2.05) is 42.7 Å². The summed E-state index contributed by atoms with van der Waals surface area (Å²) in [6, 6.07) is 5.32. The van der Waals surface area contributed by atoms with Crippen molar-refractivity contribution in [1.82, 2.24) is 9.55 Å². The van der Waals surface area contributed by atoms with Gasteiger partial charge in [0.2, 0.25) is 0 Å². The molecule has 0 radical (unpaired) electrons. The molecule has 0 saturated heterocycles. The van der Waals surface area contributed by atoms with Gasteiger partial charge in [0.25, 0.3) is 0 Å². The molecule has 0 fully saturated rings. The van der Waals surface area contributed by atoms with Gasteiger partial charge in [-0.1, -0.05) is 6.07 Å². The molecular formula is C15H21FN4. The van der Waals surface area contributed by atoms with E-state index < -0.39 is 0 Å². The molecule has 2 N–H and O–H groups in total. The predicted octanol–water partition coefficient (Wildman–Crippen LogP) is 2.09. The highest BCUT2D eigenvalue weighted by molar-refractivity contribution is 5.48. The topological polar surface area (TPSA) is 47.1 Å². The Morgan fingerprint density at radius 1 is 1.45 bits per heavy atom. The molecule has 0 aliphatic carbocycles. The first-order chi connectivity index (χ1) is 9.47. The van der Waals surface area contributed by atoms with E-state index in [0.717, 1.165) is 11.4 Å². The average molecular weight is 276 g/mol. The lowest BCUT2D eigenvalue weighted by molar-refractivity contribution is 0.615. The third-order valence-electron chi connectivity index (χ3n) is 3.28. The summed E-state index contributed by atoms with van der Waals surface area (Å²) in [5.41, 5.74) is 7.23. The normalized spacial score (nSPS) is 12.4. The zero-order valence-electron chi connectivity index (χ0n) is 12.2. The summed E-state index contributed by atoms with van der Waals surface area (Å²) in [5, 5.41) is 0. The Kier molecular flexibility index (Phi) is 4.39. The minimum absolute atomic E-state index is 0.0329. The molecule has 20 heavy (non-hydrogen) atoms. The molecule has 1 unspecified atom stereocenters. The van der Waals surface area contributed by atoms with Gasteiger partial charge >= 0.3 is 0 Å². The number of hydrogen-bond donors (Lipinski definition) is 1. The van der Waals surface area contributed by atoms with Crippen molar-refractivity contribution >= 4 is 5.69 Å². The Bertz CT molecular complexity index is 577. The van der Waals surface area contributed by atoms with Crippen molar-refractivity contribution in [2.75, 3.05) is 11.9 Å². The highest BCUT2D eigenvalue weighted by atomic mass is 19.1. The first-order valence-electron chi connectivity index (χ1n) is 6.68. The molecular weight excluding hydrogens is 255 g/mol. The van der Waals surface area contributed by atoms with Crippen molar-refractivity contribution in [2.24, 2.45) is 12.8 Å². The standard InChI is InChI=1S/C15H21FN4/c1-11(17)8-12-4-5-14(13(16)9-12)20(3)10-15-18-6-7-19(15)2/h4-7,9,11H,8,10,17H2,1-3H3. The summed E-state index contributed by atoms with van der Waals surface area (Å²) < 4.78 is 16.1. The Morgan fingerprint density at radius 3 is 2.75 bits per heavy atom. The summed E-state index contributed by atoms with van der Waals surface area (Å²) in [5.74, 6) is 0.673. The van der Waals surface area contributed by atoms with Crippen LogP contribution in [0.15, 0.2) is 30.6 Å². The number of nitrogens with two attached hydrogens (primary N) is 1. The molecule has 0 spiro atoms. The van der Waals surface area contributed by atoms with E-state index in [9.17, 15) is 4.39 Å². The number of hydrogen-bond acceptors (Lipinski definition) is 3. The first-order valence-corrected chi connectivity index (χ1v) is 6.68. The molecule has 4 nitrogen and oxygen atoms in total. The fourth-order valence-electron chi connectivity index (χ4n) is 2.20. The zero-order chi connectivity index (χ0) is 14.7. The Morgan fingerprint density at radius 2 is 2.20 bits per heavy atom. The summed E-state index contributed by atoms with van der Waals surface area (Å²) in [6.07, 6.45) is 4.30. The van der Waals surface area contributed by atoms with Crippen LogP contribution in [0.2, 0.25) is 0 Å². The maximum absolute atomic E-state index is 14.2. The van der Waals surface area contributed by atoms with Crippen LogP contribution < -0.4 is 10.6 Å². The molecule has 5 heteroatoms. The molecule has 1 aromatic carbocycles. The van der Waals surface area contributed by atoms with E-state index in [4.69, 9.17) is 5.73 Å². The van der Waals surface area contributed by atoms with Gasteiger partial charge in [0.05, 0.1) is 12.2 Å². The summed E-state index contributed by atoms with van der Waals surface area (Å²) in [6.45, 7) is 2.48. The van der Waals surface area contributed by atoms with Crippen LogP contribution in [0.25, 0.3) is 0 Å². The van der Waals surface area contributed by atoms with Gasteiger partial charge in [-0.3, -0.25) is 0 Å². The first kappa shape index (κ1) is 14.5. The lowest BCUT2D eigenvalue weighted by Crippen LogP contribution is -2.21. The van der Waals surface area contributed by atoms with Crippen LogP contribution in [0.3, 0.4) is 0 Å². The van der Waals surface area contributed by atoms with E-state index in [1.165, 1.54) is 0 Å². The van der Waals surface area contributed by atoms with Crippen LogP contribution in [0.1, 0.15) is 18.3 Å². The van der Waals surface area contributed by atoms with Gasteiger partial charge in [-0.05, 0) is 31.0 Å². The van der Waals surface area contributed by atoms with Gasteiger partial charge in [0.15, 0.2) is 0 Å². The second-order valence-electron chi connectivity index (χ2n) is 5.28. The second-order valence-corrected chi connectivity index (χ2v) is 5.28. The van der Waals surface area contributed by atoms with Crippen LogP contribution in [-0.4, -0.2) is 22.6 Å². The molecule has 0 amide bonds. The second kappa shape index (κ2) is 6.05. The van der Waals surface area contributed by atoms with Crippen molar-refractivity contribution in [2.45, 2.75) is 25.9 Å². The number of aromatic nitrogens is 2. The zero-order valence-corrected chi connectivity index (χ0v) is 12.2. The van der Waals surface area contributed by atoms with Crippen LogP contribution in [0.5, 0.6) is 0 Å². The lowest BCUT2D eigenvalue weighted by atomic mass is 10.1. The maximum Gasteiger partial charge on any atom is 0.146 e. The molecule has 1 aromatic heterocycles. The van der Waals surface area contributed by atoms with Crippen molar-refractivity contribution in [1.29, 1.82) is 0 Å². The maximum atomic E-state index is 14.2.